The first-order valence-electron chi connectivity index (χ1n) is 6.39. The molecule has 0 aliphatic carbocycles. The molecule has 4 heteroatoms. The van der Waals surface area contributed by atoms with E-state index in [2.05, 4.69) is 0 Å². The number of halogens is 2. The van der Waals surface area contributed by atoms with Crippen LogP contribution in [0, 0.1) is 18.6 Å². The molecule has 106 valence electrons. The predicted octanol–water partition coefficient (Wildman–Crippen LogP) is 3.78. The molecular formula is C16H16F2O2. The highest BCUT2D eigenvalue weighted by atomic mass is 19.1. The van der Waals surface area contributed by atoms with Gasteiger partial charge in [-0.1, -0.05) is 18.2 Å². The summed E-state index contributed by atoms with van der Waals surface area (Å²) in [5, 5.41) is 9.85. The quantitative estimate of drug-likeness (QED) is 0.902. The van der Waals surface area contributed by atoms with Crippen LogP contribution in [0.3, 0.4) is 0 Å². The molecule has 2 nitrogen and oxygen atoms in total. The van der Waals surface area contributed by atoms with Gasteiger partial charge < -0.3 is 9.84 Å². The van der Waals surface area contributed by atoms with Gasteiger partial charge >= 0.3 is 0 Å². The summed E-state index contributed by atoms with van der Waals surface area (Å²) < 4.78 is 32.4. The lowest BCUT2D eigenvalue weighted by atomic mass is 10.1. The molecule has 1 atom stereocenters. The van der Waals surface area contributed by atoms with E-state index in [4.69, 9.17) is 4.74 Å². The van der Waals surface area contributed by atoms with Crippen molar-refractivity contribution in [1.82, 2.24) is 0 Å². The van der Waals surface area contributed by atoms with Crippen molar-refractivity contribution in [2.45, 2.75) is 19.4 Å². The van der Waals surface area contributed by atoms with Crippen LogP contribution in [0.4, 0.5) is 8.78 Å². The molecule has 0 heterocycles. The lowest BCUT2D eigenvalue weighted by molar-refractivity contribution is 0.133. The Bertz CT molecular complexity index is 564. The molecule has 0 saturated carbocycles. The first-order chi connectivity index (χ1) is 9.58. The summed E-state index contributed by atoms with van der Waals surface area (Å²) >= 11 is 0. The largest absolute Gasteiger partial charge is 0.493 e. The third-order valence-corrected chi connectivity index (χ3v) is 2.98. The van der Waals surface area contributed by atoms with Crippen LogP contribution in [0.1, 0.15) is 23.7 Å². The zero-order chi connectivity index (χ0) is 14.5. The van der Waals surface area contributed by atoms with E-state index < -0.39 is 17.7 Å². The monoisotopic (exact) mass is 278 g/mol. The molecule has 0 amide bonds. The molecule has 1 unspecified atom stereocenters. The molecule has 0 aliphatic heterocycles. The van der Waals surface area contributed by atoms with Crippen LogP contribution < -0.4 is 4.74 Å². The van der Waals surface area contributed by atoms with E-state index in [1.165, 1.54) is 6.07 Å². The summed E-state index contributed by atoms with van der Waals surface area (Å²) in [5.41, 5.74) is 0.753. The van der Waals surface area contributed by atoms with Crippen LogP contribution in [0.2, 0.25) is 0 Å². The molecule has 0 aromatic heterocycles. The molecule has 2 aromatic carbocycles. The number of hydrogen-bond acceptors (Lipinski definition) is 2. The van der Waals surface area contributed by atoms with E-state index in [0.29, 0.717) is 5.75 Å². The third-order valence-electron chi connectivity index (χ3n) is 2.98. The fourth-order valence-corrected chi connectivity index (χ4v) is 1.97. The molecule has 2 rings (SSSR count). The Morgan fingerprint density at radius 1 is 1.10 bits per heavy atom. The lowest BCUT2D eigenvalue weighted by Gasteiger charge is -2.13. The Labute approximate surface area is 116 Å². The van der Waals surface area contributed by atoms with Gasteiger partial charge in [-0.15, -0.1) is 0 Å². The topological polar surface area (TPSA) is 29.5 Å². The van der Waals surface area contributed by atoms with Crippen molar-refractivity contribution in [3.05, 3.63) is 65.2 Å². The van der Waals surface area contributed by atoms with Gasteiger partial charge in [-0.25, -0.2) is 8.78 Å². The lowest BCUT2D eigenvalue weighted by Crippen LogP contribution is -2.09. The standard InChI is InChI=1S/C16H16F2O2/c1-11-4-2-5-12(10-11)20-9-8-15(19)16-13(17)6-3-7-14(16)18/h2-7,10,15,19H,8-9H2,1H3. The van der Waals surface area contributed by atoms with Crippen molar-refractivity contribution in [1.29, 1.82) is 0 Å². The molecule has 1 N–H and O–H groups in total. The van der Waals surface area contributed by atoms with Crippen molar-refractivity contribution >= 4 is 0 Å². The maximum absolute atomic E-state index is 13.5. The Morgan fingerprint density at radius 2 is 1.75 bits per heavy atom. The summed E-state index contributed by atoms with van der Waals surface area (Å²) in [6.07, 6.45) is -1.10. The minimum atomic E-state index is -1.22. The third kappa shape index (κ3) is 3.54. The van der Waals surface area contributed by atoms with Gasteiger partial charge in [-0.3, -0.25) is 0 Å². The number of rotatable bonds is 5. The molecule has 0 bridgehead atoms. The molecule has 20 heavy (non-hydrogen) atoms. The van der Waals surface area contributed by atoms with Crippen molar-refractivity contribution in [2.24, 2.45) is 0 Å². The normalized spacial score (nSPS) is 12.2. The maximum atomic E-state index is 13.5. The molecule has 0 aliphatic rings. The van der Waals surface area contributed by atoms with Gasteiger partial charge in [0.05, 0.1) is 18.3 Å². The zero-order valence-corrected chi connectivity index (χ0v) is 11.1. The van der Waals surface area contributed by atoms with Crippen LogP contribution >= 0.6 is 0 Å². The molecule has 2 aromatic rings. The summed E-state index contributed by atoms with van der Waals surface area (Å²) in [4.78, 5) is 0. The van der Waals surface area contributed by atoms with E-state index in [1.807, 2.05) is 25.1 Å². The number of benzene rings is 2. The first kappa shape index (κ1) is 14.5. The molecule has 0 fully saturated rings. The summed E-state index contributed by atoms with van der Waals surface area (Å²) in [6.45, 7) is 2.12. The van der Waals surface area contributed by atoms with Crippen molar-refractivity contribution in [3.63, 3.8) is 0 Å². The van der Waals surface area contributed by atoms with Crippen LogP contribution in [-0.2, 0) is 0 Å². The number of aliphatic hydroxyl groups excluding tert-OH is 1. The second-order valence-corrected chi connectivity index (χ2v) is 4.60. The number of ether oxygens (including phenoxy) is 1. The van der Waals surface area contributed by atoms with E-state index in [1.54, 1.807) is 6.07 Å². The second-order valence-electron chi connectivity index (χ2n) is 4.60. The highest BCUT2D eigenvalue weighted by Gasteiger charge is 2.17. The van der Waals surface area contributed by atoms with Crippen molar-refractivity contribution in [2.75, 3.05) is 6.61 Å². The zero-order valence-electron chi connectivity index (χ0n) is 11.1. The maximum Gasteiger partial charge on any atom is 0.131 e. The SMILES string of the molecule is Cc1cccc(OCCC(O)c2c(F)cccc2F)c1. The number of aliphatic hydroxyl groups is 1. The van der Waals surface area contributed by atoms with Gasteiger partial charge in [0, 0.05) is 6.42 Å². The average Bonchev–Trinajstić information content (AvgIpc) is 2.38. The van der Waals surface area contributed by atoms with Gasteiger partial charge in [-0.2, -0.15) is 0 Å². The van der Waals surface area contributed by atoms with Crippen molar-refractivity contribution < 1.29 is 18.6 Å². The van der Waals surface area contributed by atoms with E-state index in [0.717, 1.165) is 17.7 Å². The van der Waals surface area contributed by atoms with E-state index in [-0.39, 0.29) is 18.6 Å². The number of hydrogen-bond donors (Lipinski definition) is 1. The Hall–Kier alpha value is -1.94. The van der Waals surface area contributed by atoms with Crippen LogP contribution in [-0.4, -0.2) is 11.7 Å². The first-order valence-corrected chi connectivity index (χ1v) is 6.39. The Balaban J connectivity index is 1.94. The summed E-state index contributed by atoms with van der Waals surface area (Å²) in [5.74, 6) is -0.813. The van der Waals surface area contributed by atoms with Gasteiger partial charge in [0.15, 0.2) is 0 Å². The Morgan fingerprint density at radius 3 is 2.40 bits per heavy atom. The minimum Gasteiger partial charge on any atom is -0.493 e. The van der Waals surface area contributed by atoms with E-state index in [9.17, 15) is 13.9 Å². The highest BCUT2D eigenvalue weighted by Crippen LogP contribution is 2.23. The summed E-state index contributed by atoms with van der Waals surface area (Å²) in [6, 6.07) is 11.0. The average molecular weight is 278 g/mol. The van der Waals surface area contributed by atoms with Gasteiger partial charge in [0.2, 0.25) is 0 Å². The van der Waals surface area contributed by atoms with Crippen LogP contribution in [0.5, 0.6) is 5.75 Å². The van der Waals surface area contributed by atoms with Crippen LogP contribution in [0.15, 0.2) is 42.5 Å². The van der Waals surface area contributed by atoms with Crippen molar-refractivity contribution in [3.8, 4) is 5.75 Å². The summed E-state index contributed by atoms with van der Waals surface area (Å²) in [7, 11) is 0. The second kappa shape index (κ2) is 6.48. The number of aryl methyl sites for hydroxylation is 1. The van der Waals surface area contributed by atoms with Gasteiger partial charge in [0.1, 0.15) is 17.4 Å². The smallest absolute Gasteiger partial charge is 0.131 e. The Kier molecular flexibility index (Phi) is 4.69. The fourth-order valence-electron chi connectivity index (χ4n) is 1.97. The van der Waals surface area contributed by atoms with Crippen LogP contribution in [0.25, 0.3) is 0 Å². The minimum absolute atomic E-state index is 0.117. The molecule has 0 radical (unpaired) electrons. The van der Waals surface area contributed by atoms with E-state index >= 15 is 0 Å². The highest BCUT2D eigenvalue weighted by molar-refractivity contribution is 5.27. The van der Waals surface area contributed by atoms with Gasteiger partial charge in [0.25, 0.3) is 0 Å². The van der Waals surface area contributed by atoms with Gasteiger partial charge in [-0.05, 0) is 36.8 Å². The molecule has 0 saturated heterocycles. The fraction of sp³-hybridized carbons (Fsp3) is 0.250. The molecule has 0 spiro atoms. The molecular weight excluding hydrogens is 262 g/mol. The predicted molar refractivity (Wildman–Crippen MR) is 72.6 cm³/mol.